The van der Waals surface area contributed by atoms with Crippen molar-refractivity contribution in [3.05, 3.63) is 0 Å². The van der Waals surface area contributed by atoms with Gasteiger partial charge in [0.05, 0.1) is 6.10 Å². The monoisotopic (exact) mass is 230 g/mol. The van der Waals surface area contributed by atoms with Gasteiger partial charge in [-0.15, -0.1) is 0 Å². The van der Waals surface area contributed by atoms with Crippen LogP contribution in [0.2, 0.25) is 0 Å². The molecule has 0 bridgehead atoms. The zero-order valence-corrected chi connectivity index (χ0v) is 10.6. The maximum atomic E-state index is 8.95. The number of aliphatic hydroxyl groups is 1. The molecule has 1 aliphatic rings. The highest BCUT2D eigenvalue weighted by Gasteiger charge is 2.21. The molecule has 0 aromatic carbocycles. The highest BCUT2D eigenvalue weighted by molar-refractivity contribution is 4.77. The molecular formula is C12H26N2O2. The average Bonchev–Trinajstić information content (AvgIpc) is 2.29. The summed E-state index contributed by atoms with van der Waals surface area (Å²) in [5, 5.41) is 12.2. The normalized spacial score (nSPS) is 24.6. The van der Waals surface area contributed by atoms with Gasteiger partial charge in [-0.25, -0.2) is 0 Å². The lowest BCUT2D eigenvalue weighted by atomic mass is 10.1. The third kappa shape index (κ3) is 4.78. The number of ether oxygens (including phenoxy) is 1. The smallest absolute Gasteiger partial charge is 0.0702 e. The van der Waals surface area contributed by atoms with E-state index in [4.69, 9.17) is 9.84 Å². The minimum atomic E-state index is 0.258. The van der Waals surface area contributed by atoms with Gasteiger partial charge in [0.1, 0.15) is 0 Å². The van der Waals surface area contributed by atoms with E-state index in [-0.39, 0.29) is 6.61 Å². The van der Waals surface area contributed by atoms with Crippen LogP contribution in [0.4, 0.5) is 0 Å². The van der Waals surface area contributed by atoms with Gasteiger partial charge >= 0.3 is 0 Å². The van der Waals surface area contributed by atoms with Crippen LogP contribution in [0.25, 0.3) is 0 Å². The lowest BCUT2D eigenvalue weighted by Crippen LogP contribution is -2.46. The third-order valence-corrected chi connectivity index (χ3v) is 3.23. The fraction of sp³-hybridized carbons (Fsp3) is 1.00. The van der Waals surface area contributed by atoms with Gasteiger partial charge in [0.2, 0.25) is 0 Å². The van der Waals surface area contributed by atoms with Gasteiger partial charge < -0.3 is 15.2 Å². The summed E-state index contributed by atoms with van der Waals surface area (Å²) < 4.78 is 5.68. The third-order valence-electron chi connectivity index (χ3n) is 3.23. The highest BCUT2D eigenvalue weighted by atomic mass is 16.5. The molecule has 0 aromatic rings. The molecule has 2 N–H and O–H groups in total. The molecule has 1 aliphatic heterocycles. The minimum absolute atomic E-state index is 0.258. The van der Waals surface area contributed by atoms with E-state index in [9.17, 15) is 0 Å². The number of nitrogens with one attached hydrogen (secondary N) is 1. The van der Waals surface area contributed by atoms with Crippen molar-refractivity contribution in [3.63, 3.8) is 0 Å². The van der Waals surface area contributed by atoms with Crippen molar-refractivity contribution in [2.45, 2.75) is 38.3 Å². The summed E-state index contributed by atoms with van der Waals surface area (Å²) in [5.41, 5.74) is 0. The van der Waals surface area contributed by atoms with Crippen molar-refractivity contribution in [1.29, 1.82) is 0 Å². The van der Waals surface area contributed by atoms with Crippen LogP contribution in [0.5, 0.6) is 0 Å². The van der Waals surface area contributed by atoms with Crippen LogP contribution in [-0.2, 0) is 4.74 Å². The quantitative estimate of drug-likeness (QED) is 0.667. The van der Waals surface area contributed by atoms with E-state index in [1.165, 1.54) is 12.8 Å². The molecule has 1 saturated heterocycles. The van der Waals surface area contributed by atoms with Crippen LogP contribution in [0.3, 0.4) is 0 Å². The van der Waals surface area contributed by atoms with Gasteiger partial charge in [-0.2, -0.15) is 0 Å². The number of hydrogen-bond donors (Lipinski definition) is 2. The summed E-state index contributed by atoms with van der Waals surface area (Å²) in [6.07, 6.45) is 3.64. The number of likely N-dealkylation sites (tertiary alicyclic amines) is 1. The van der Waals surface area contributed by atoms with E-state index < -0.39 is 0 Å². The maximum Gasteiger partial charge on any atom is 0.0702 e. The van der Waals surface area contributed by atoms with Gasteiger partial charge in [-0.05, 0) is 39.8 Å². The van der Waals surface area contributed by atoms with Crippen molar-refractivity contribution in [3.8, 4) is 0 Å². The van der Waals surface area contributed by atoms with Gasteiger partial charge in [0, 0.05) is 32.3 Å². The zero-order chi connectivity index (χ0) is 11.8. The van der Waals surface area contributed by atoms with Gasteiger partial charge in [-0.1, -0.05) is 0 Å². The Hall–Kier alpha value is -0.160. The average molecular weight is 230 g/mol. The molecule has 2 atom stereocenters. The highest BCUT2D eigenvalue weighted by Crippen LogP contribution is 2.13. The van der Waals surface area contributed by atoms with Crippen molar-refractivity contribution >= 4 is 0 Å². The summed E-state index contributed by atoms with van der Waals surface area (Å²) >= 11 is 0. The van der Waals surface area contributed by atoms with Crippen LogP contribution in [0.15, 0.2) is 0 Å². The number of piperidine rings is 1. The Bertz CT molecular complexity index is 176. The largest absolute Gasteiger partial charge is 0.396 e. The van der Waals surface area contributed by atoms with Crippen LogP contribution in [0, 0.1) is 0 Å². The number of aliphatic hydroxyl groups excluding tert-OH is 1. The molecule has 96 valence electrons. The predicted molar refractivity (Wildman–Crippen MR) is 65.6 cm³/mol. The molecule has 1 rings (SSSR count). The van der Waals surface area contributed by atoms with Crippen LogP contribution in [-0.4, -0.2) is 62.0 Å². The van der Waals surface area contributed by atoms with E-state index in [2.05, 4.69) is 17.1 Å². The molecule has 0 aromatic heterocycles. The molecule has 0 amide bonds. The maximum absolute atomic E-state index is 8.95. The summed E-state index contributed by atoms with van der Waals surface area (Å²) in [7, 11) is 1.96. The lowest BCUT2D eigenvalue weighted by molar-refractivity contribution is 0.00314. The Balaban J connectivity index is 2.29. The predicted octanol–water partition coefficient (Wildman–Crippen LogP) is 0.458. The Labute approximate surface area is 99.0 Å². The number of nitrogens with zero attached hydrogens (tertiary/aromatic N) is 1. The van der Waals surface area contributed by atoms with Gasteiger partial charge in [0.15, 0.2) is 0 Å². The van der Waals surface area contributed by atoms with Gasteiger partial charge in [0.25, 0.3) is 0 Å². The summed E-state index contributed by atoms with van der Waals surface area (Å²) in [6.45, 7) is 6.34. The Morgan fingerprint density at radius 2 is 2.38 bits per heavy atom. The van der Waals surface area contributed by atoms with Gasteiger partial charge in [-0.3, -0.25) is 4.90 Å². The molecule has 1 heterocycles. The van der Waals surface area contributed by atoms with E-state index in [1.807, 2.05) is 7.05 Å². The van der Waals surface area contributed by atoms with Crippen molar-refractivity contribution in [2.75, 3.05) is 39.9 Å². The molecule has 0 spiro atoms. The molecule has 2 unspecified atom stereocenters. The molecule has 1 fully saturated rings. The molecule has 0 saturated carbocycles. The first-order valence-corrected chi connectivity index (χ1v) is 6.42. The van der Waals surface area contributed by atoms with Crippen molar-refractivity contribution < 1.29 is 9.84 Å². The van der Waals surface area contributed by atoms with E-state index >= 15 is 0 Å². The molecule has 0 aliphatic carbocycles. The Kier molecular flexibility index (Phi) is 6.96. The zero-order valence-electron chi connectivity index (χ0n) is 10.6. The lowest BCUT2D eigenvalue weighted by Gasteiger charge is -2.34. The fourth-order valence-electron chi connectivity index (χ4n) is 2.35. The van der Waals surface area contributed by atoms with Crippen molar-refractivity contribution in [2.24, 2.45) is 0 Å². The SMILES string of the molecule is CCOC1CCCN(CC(CCO)NC)C1. The summed E-state index contributed by atoms with van der Waals surface area (Å²) in [5.74, 6) is 0. The topological polar surface area (TPSA) is 44.7 Å². The Morgan fingerprint density at radius 3 is 3.00 bits per heavy atom. The first-order chi connectivity index (χ1) is 7.80. The molecule has 4 nitrogen and oxygen atoms in total. The summed E-state index contributed by atoms with van der Waals surface area (Å²) in [4.78, 5) is 2.45. The van der Waals surface area contributed by atoms with E-state index in [0.717, 1.165) is 32.7 Å². The number of likely N-dealkylation sites (N-methyl/N-ethyl adjacent to an activating group) is 1. The first-order valence-electron chi connectivity index (χ1n) is 6.42. The second kappa shape index (κ2) is 8.01. The van der Waals surface area contributed by atoms with E-state index in [0.29, 0.717) is 12.1 Å². The minimum Gasteiger partial charge on any atom is -0.396 e. The number of rotatable bonds is 7. The Morgan fingerprint density at radius 1 is 1.56 bits per heavy atom. The standard InChI is InChI=1S/C12H26N2O2/c1-3-16-12-5-4-7-14(10-12)9-11(13-2)6-8-15/h11-13,15H,3-10H2,1-2H3. The van der Waals surface area contributed by atoms with Crippen LogP contribution < -0.4 is 5.32 Å². The van der Waals surface area contributed by atoms with Crippen LogP contribution in [0.1, 0.15) is 26.2 Å². The molecule has 0 radical (unpaired) electrons. The van der Waals surface area contributed by atoms with Crippen molar-refractivity contribution in [1.82, 2.24) is 10.2 Å². The summed E-state index contributed by atoms with van der Waals surface area (Å²) in [6, 6.07) is 0.394. The fourth-order valence-corrected chi connectivity index (χ4v) is 2.35. The first kappa shape index (κ1) is 13.9. The molecule has 4 heteroatoms. The number of hydrogen-bond acceptors (Lipinski definition) is 4. The van der Waals surface area contributed by atoms with Crippen LogP contribution >= 0.6 is 0 Å². The molecular weight excluding hydrogens is 204 g/mol. The second-order valence-corrected chi connectivity index (χ2v) is 4.48. The second-order valence-electron chi connectivity index (χ2n) is 4.48. The molecule has 16 heavy (non-hydrogen) atoms. The van der Waals surface area contributed by atoms with E-state index in [1.54, 1.807) is 0 Å².